The van der Waals surface area contributed by atoms with E-state index in [0.717, 1.165) is 12.8 Å². The van der Waals surface area contributed by atoms with Gasteiger partial charge >= 0.3 is 0 Å². The quantitative estimate of drug-likeness (QED) is 0.891. The molecule has 1 fully saturated rings. The highest BCUT2D eigenvalue weighted by molar-refractivity contribution is 9.10. The van der Waals surface area contributed by atoms with Crippen molar-refractivity contribution in [1.82, 2.24) is 5.01 Å². The van der Waals surface area contributed by atoms with Crippen LogP contribution in [0, 0.1) is 17.1 Å². The number of piperidine rings is 1. The molecule has 2 rings (SSSR count). The van der Waals surface area contributed by atoms with Crippen molar-refractivity contribution in [3.05, 3.63) is 28.0 Å². The topological polar surface area (TPSA) is 39.1 Å². The largest absolute Gasteiger partial charge is 0.316 e. The SMILES string of the molecule is CC1CCCC(C)N1Nc1ccc(C#N)c(Br)c1F. The van der Waals surface area contributed by atoms with E-state index in [-0.39, 0.29) is 4.47 Å². The molecule has 0 aliphatic carbocycles. The zero-order valence-corrected chi connectivity index (χ0v) is 12.7. The van der Waals surface area contributed by atoms with Gasteiger partial charge < -0.3 is 5.43 Å². The molecule has 1 heterocycles. The molecule has 3 nitrogen and oxygen atoms in total. The fourth-order valence-electron chi connectivity index (χ4n) is 2.50. The highest BCUT2D eigenvalue weighted by Gasteiger charge is 2.25. The van der Waals surface area contributed by atoms with Gasteiger partial charge in [0.2, 0.25) is 0 Å². The molecule has 1 aromatic carbocycles. The molecule has 2 unspecified atom stereocenters. The molecular weight excluding hydrogens is 309 g/mol. The summed E-state index contributed by atoms with van der Waals surface area (Å²) >= 11 is 3.13. The summed E-state index contributed by atoms with van der Waals surface area (Å²) in [6.07, 6.45) is 3.42. The Balaban J connectivity index is 2.24. The second-order valence-corrected chi connectivity index (χ2v) is 5.84. The van der Waals surface area contributed by atoms with Crippen LogP contribution in [-0.4, -0.2) is 17.1 Å². The molecule has 1 aromatic rings. The second kappa shape index (κ2) is 5.89. The number of rotatable bonds is 2. The van der Waals surface area contributed by atoms with Crippen molar-refractivity contribution >= 4 is 21.6 Å². The summed E-state index contributed by atoms with van der Waals surface area (Å²) in [5, 5.41) is 11.0. The molecule has 5 heteroatoms. The third-order valence-corrected chi connectivity index (χ3v) is 4.42. The van der Waals surface area contributed by atoms with Gasteiger partial charge in [-0.2, -0.15) is 5.26 Å². The van der Waals surface area contributed by atoms with Crippen LogP contribution in [0.3, 0.4) is 0 Å². The predicted octanol–water partition coefficient (Wildman–Crippen LogP) is 4.05. The van der Waals surface area contributed by atoms with Crippen molar-refractivity contribution in [3.63, 3.8) is 0 Å². The molecule has 0 radical (unpaired) electrons. The average Bonchev–Trinajstić information content (AvgIpc) is 2.39. The zero-order valence-electron chi connectivity index (χ0n) is 11.1. The normalized spacial score (nSPS) is 23.9. The van der Waals surface area contributed by atoms with Crippen LogP contribution in [0.25, 0.3) is 0 Å². The molecule has 0 aromatic heterocycles. The fourth-order valence-corrected chi connectivity index (χ4v) is 2.94. The molecule has 1 N–H and O–H groups in total. The molecule has 19 heavy (non-hydrogen) atoms. The molecule has 0 saturated carbocycles. The first-order valence-corrected chi connectivity index (χ1v) is 7.27. The maximum absolute atomic E-state index is 14.2. The Morgan fingerprint density at radius 1 is 1.37 bits per heavy atom. The molecule has 0 spiro atoms. The number of nitriles is 1. The van der Waals surface area contributed by atoms with E-state index in [1.165, 1.54) is 6.42 Å². The highest BCUT2D eigenvalue weighted by Crippen LogP contribution is 2.29. The van der Waals surface area contributed by atoms with Crippen molar-refractivity contribution in [2.45, 2.75) is 45.2 Å². The summed E-state index contributed by atoms with van der Waals surface area (Å²) in [5.74, 6) is -0.413. The molecule has 0 bridgehead atoms. The molecule has 1 saturated heterocycles. The van der Waals surface area contributed by atoms with Gasteiger partial charge in [-0.05, 0) is 54.8 Å². The number of hydrazine groups is 1. The van der Waals surface area contributed by atoms with Gasteiger partial charge in [0.25, 0.3) is 0 Å². The van der Waals surface area contributed by atoms with Crippen LogP contribution in [0.4, 0.5) is 10.1 Å². The van der Waals surface area contributed by atoms with Gasteiger partial charge in [-0.1, -0.05) is 6.42 Å². The summed E-state index contributed by atoms with van der Waals surface area (Å²) in [7, 11) is 0. The first-order valence-electron chi connectivity index (χ1n) is 6.47. The van der Waals surface area contributed by atoms with Gasteiger partial charge in [0.15, 0.2) is 5.82 Å². The lowest BCUT2D eigenvalue weighted by Gasteiger charge is -2.39. The molecular formula is C14H17BrFN3. The molecule has 102 valence electrons. The second-order valence-electron chi connectivity index (χ2n) is 5.05. The highest BCUT2D eigenvalue weighted by atomic mass is 79.9. The van der Waals surface area contributed by atoms with Crippen LogP contribution in [0.1, 0.15) is 38.7 Å². The van der Waals surface area contributed by atoms with Crippen LogP contribution in [0.5, 0.6) is 0 Å². The van der Waals surface area contributed by atoms with E-state index in [4.69, 9.17) is 5.26 Å². The number of benzene rings is 1. The maximum atomic E-state index is 14.2. The van der Waals surface area contributed by atoms with Crippen molar-refractivity contribution in [2.75, 3.05) is 5.43 Å². The van der Waals surface area contributed by atoms with E-state index in [2.05, 4.69) is 40.2 Å². The minimum absolute atomic E-state index is 0.220. The van der Waals surface area contributed by atoms with Gasteiger partial charge in [-0.3, -0.25) is 0 Å². The zero-order chi connectivity index (χ0) is 14.0. The molecule has 1 aliphatic rings. The monoisotopic (exact) mass is 325 g/mol. The number of nitrogens with one attached hydrogen (secondary N) is 1. The van der Waals surface area contributed by atoms with E-state index < -0.39 is 5.82 Å². The third kappa shape index (κ3) is 2.90. The van der Waals surface area contributed by atoms with Crippen molar-refractivity contribution in [3.8, 4) is 6.07 Å². The van der Waals surface area contributed by atoms with Crippen molar-refractivity contribution in [1.29, 1.82) is 5.26 Å². The Bertz CT molecular complexity index is 502. The lowest BCUT2D eigenvalue weighted by Crippen LogP contribution is -2.47. The van der Waals surface area contributed by atoms with Crippen LogP contribution in [0.2, 0.25) is 0 Å². The van der Waals surface area contributed by atoms with Gasteiger partial charge in [-0.15, -0.1) is 0 Å². The maximum Gasteiger partial charge on any atom is 0.163 e. The third-order valence-electron chi connectivity index (χ3n) is 3.65. The first-order chi connectivity index (χ1) is 9.04. The van der Waals surface area contributed by atoms with E-state index in [0.29, 0.717) is 23.3 Å². The number of hydrogen-bond acceptors (Lipinski definition) is 3. The van der Waals surface area contributed by atoms with Crippen LogP contribution < -0.4 is 5.43 Å². The summed E-state index contributed by atoms with van der Waals surface area (Å²) in [6.45, 7) is 4.28. The van der Waals surface area contributed by atoms with E-state index >= 15 is 0 Å². The number of anilines is 1. The first kappa shape index (κ1) is 14.3. The Labute approximate surface area is 121 Å². The number of halogens is 2. The van der Waals surface area contributed by atoms with Crippen LogP contribution >= 0.6 is 15.9 Å². The Hall–Kier alpha value is -1.12. The standard InChI is InChI=1S/C14H17BrFN3/c1-9-4-3-5-10(2)19(9)18-12-7-6-11(8-17)13(15)14(12)16/h6-7,9-10,18H,3-5H2,1-2H3. The minimum atomic E-state index is -0.413. The van der Waals surface area contributed by atoms with Gasteiger partial charge in [-0.25, -0.2) is 9.40 Å². The summed E-state index contributed by atoms with van der Waals surface area (Å²) in [5.41, 5.74) is 3.88. The predicted molar refractivity (Wildman–Crippen MR) is 77.1 cm³/mol. The Morgan fingerprint density at radius 3 is 2.58 bits per heavy atom. The minimum Gasteiger partial charge on any atom is -0.316 e. The lowest BCUT2D eigenvalue weighted by atomic mass is 10.00. The van der Waals surface area contributed by atoms with Crippen LogP contribution in [0.15, 0.2) is 16.6 Å². The molecule has 1 aliphatic heterocycles. The van der Waals surface area contributed by atoms with E-state index in [1.807, 2.05) is 6.07 Å². The Morgan fingerprint density at radius 2 is 2.00 bits per heavy atom. The fraction of sp³-hybridized carbons (Fsp3) is 0.500. The number of nitrogens with zero attached hydrogens (tertiary/aromatic N) is 2. The number of hydrogen-bond donors (Lipinski definition) is 1. The Kier molecular flexibility index (Phi) is 4.43. The summed E-state index contributed by atoms with van der Waals surface area (Å²) < 4.78 is 14.4. The molecule has 0 amide bonds. The smallest absolute Gasteiger partial charge is 0.163 e. The van der Waals surface area contributed by atoms with Gasteiger partial charge in [0.1, 0.15) is 6.07 Å². The van der Waals surface area contributed by atoms with Crippen molar-refractivity contribution in [2.24, 2.45) is 0 Å². The summed E-state index contributed by atoms with van der Waals surface area (Å²) in [6, 6.07) is 5.94. The van der Waals surface area contributed by atoms with E-state index in [1.54, 1.807) is 12.1 Å². The van der Waals surface area contributed by atoms with E-state index in [9.17, 15) is 4.39 Å². The van der Waals surface area contributed by atoms with Gasteiger partial charge in [0, 0.05) is 12.1 Å². The van der Waals surface area contributed by atoms with Crippen molar-refractivity contribution < 1.29 is 4.39 Å². The summed E-state index contributed by atoms with van der Waals surface area (Å²) in [4.78, 5) is 0. The molecule has 2 atom stereocenters. The van der Waals surface area contributed by atoms with Gasteiger partial charge in [0.05, 0.1) is 15.7 Å². The van der Waals surface area contributed by atoms with Crippen LogP contribution in [-0.2, 0) is 0 Å². The average molecular weight is 326 g/mol. The lowest BCUT2D eigenvalue weighted by molar-refractivity contribution is 0.135.